The Morgan fingerprint density at radius 1 is 0.703 bits per heavy atom. The first-order valence-corrected chi connectivity index (χ1v) is 15.0. The molecule has 0 rings (SSSR count). The van der Waals surface area contributed by atoms with Crippen LogP contribution in [-0.2, 0) is 19.1 Å². The summed E-state index contributed by atoms with van der Waals surface area (Å²) in [5.41, 5.74) is 5.35. The molecule has 0 bridgehead atoms. The normalized spacial score (nSPS) is 11.9. The molecule has 0 heterocycles. The molecular formula is C30H57N3O4. The molecule has 0 aliphatic rings. The van der Waals surface area contributed by atoms with E-state index in [0.29, 0.717) is 13.1 Å². The predicted molar refractivity (Wildman–Crippen MR) is 153 cm³/mol. The molecule has 1 unspecified atom stereocenters. The van der Waals surface area contributed by atoms with Crippen LogP contribution in [0.4, 0.5) is 0 Å². The molecule has 2 N–H and O–H groups in total. The SMILES string of the molecule is C=CC(=O)OC(CC(N)=O)C(=O)N(CCCCCCCCCCCC)CCCN(CCCC)CCCC. The van der Waals surface area contributed by atoms with Gasteiger partial charge in [-0.3, -0.25) is 9.59 Å². The third-order valence-corrected chi connectivity index (χ3v) is 6.74. The summed E-state index contributed by atoms with van der Waals surface area (Å²) in [4.78, 5) is 41.0. The molecule has 0 saturated heterocycles. The van der Waals surface area contributed by atoms with E-state index < -0.39 is 18.0 Å². The molecule has 7 nitrogen and oxygen atoms in total. The van der Waals surface area contributed by atoms with Gasteiger partial charge in [-0.05, 0) is 45.3 Å². The summed E-state index contributed by atoms with van der Waals surface area (Å²) in [6.45, 7) is 14.3. The maximum absolute atomic E-state index is 13.3. The molecule has 37 heavy (non-hydrogen) atoms. The Labute approximate surface area is 227 Å². The van der Waals surface area contributed by atoms with E-state index in [1.165, 1.54) is 57.8 Å². The van der Waals surface area contributed by atoms with Gasteiger partial charge in [0.25, 0.3) is 5.91 Å². The Hall–Kier alpha value is -1.89. The summed E-state index contributed by atoms with van der Waals surface area (Å²) in [6, 6.07) is 0. The molecule has 7 heteroatoms. The second kappa shape index (κ2) is 24.4. The van der Waals surface area contributed by atoms with Gasteiger partial charge < -0.3 is 20.3 Å². The number of carbonyl (C=O) groups is 3. The smallest absolute Gasteiger partial charge is 0.330 e. The quantitative estimate of drug-likeness (QED) is 0.0852. The fourth-order valence-corrected chi connectivity index (χ4v) is 4.46. The first kappa shape index (κ1) is 35.1. The fourth-order valence-electron chi connectivity index (χ4n) is 4.46. The van der Waals surface area contributed by atoms with Crippen molar-refractivity contribution in [2.24, 2.45) is 5.73 Å². The summed E-state index contributed by atoms with van der Waals surface area (Å²) in [5, 5.41) is 0. The highest BCUT2D eigenvalue weighted by molar-refractivity contribution is 5.90. The van der Waals surface area contributed by atoms with Crippen molar-refractivity contribution in [2.75, 3.05) is 32.7 Å². The van der Waals surface area contributed by atoms with Crippen molar-refractivity contribution in [3.8, 4) is 0 Å². The van der Waals surface area contributed by atoms with Crippen LogP contribution in [-0.4, -0.2) is 66.4 Å². The van der Waals surface area contributed by atoms with Crippen molar-refractivity contribution >= 4 is 17.8 Å². The summed E-state index contributed by atoms with van der Waals surface area (Å²) < 4.78 is 5.23. The van der Waals surface area contributed by atoms with Crippen LogP contribution >= 0.6 is 0 Å². The van der Waals surface area contributed by atoms with Gasteiger partial charge >= 0.3 is 5.97 Å². The lowest BCUT2D eigenvalue weighted by atomic mass is 10.1. The van der Waals surface area contributed by atoms with E-state index >= 15 is 0 Å². The largest absolute Gasteiger partial charge is 0.449 e. The molecule has 0 aliphatic heterocycles. The van der Waals surface area contributed by atoms with Gasteiger partial charge in [-0.15, -0.1) is 0 Å². The van der Waals surface area contributed by atoms with Gasteiger partial charge in [-0.2, -0.15) is 0 Å². The molecule has 2 amide bonds. The lowest BCUT2D eigenvalue weighted by Crippen LogP contribution is -2.44. The molecular weight excluding hydrogens is 466 g/mol. The van der Waals surface area contributed by atoms with Crippen LogP contribution in [0.2, 0.25) is 0 Å². The zero-order valence-corrected chi connectivity index (χ0v) is 24.3. The first-order chi connectivity index (χ1) is 17.9. The molecule has 216 valence electrons. The molecule has 0 radical (unpaired) electrons. The first-order valence-electron chi connectivity index (χ1n) is 15.0. The number of nitrogens with zero attached hydrogens (tertiary/aromatic N) is 2. The number of amides is 2. The number of rotatable bonds is 26. The van der Waals surface area contributed by atoms with Gasteiger partial charge in [0.1, 0.15) is 0 Å². The molecule has 0 spiro atoms. The maximum Gasteiger partial charge on any atom is 0.330 e. The monoisotopic (exact) mass is 523 g/mol. The van der Waals surface area contributed by atoms with Crippen LogP contribution in [0, 0.1) is 0 Å². The van der Waals surface area contributed by atoms with E-state index in [4.69, 9.17) is 10.5 Å². The summed E-state index contributed by atoms with van der Waals surface area (Å²) in [7, 11) is 0. The molecule has 0 fully saturated rings. The van der Waals surface area contributed by atoms with Gasteiger partial charge in [0.05, 0.1) is 6.42 Å². The zero-order valence-electron chi connectivity index (χ0n) is 24.3. The standard InChI is InChI=1S/C30H57N3O4/c1-5-9-12-13-14-15-16-17-18-19-24-33(25-20-23-32(21-10-6-2)22-11-7-3)30(36)27(26-28(31)34)37-29(35)8-4/h8,27H,4-7,9-26H2,1-3H3,(H2,31,34). The van der Waals surface area contributed by atoms with Crippen molar-refractivity contribution in [3.63, 3.8) is 0 Å². The van der Waals surface area contributed by atoms with E-state index in [2.05, 4.69) is 32.3 Å². The lowest BCUT2D eigenvalue weighted by Gasteiger charge is -2.28. The Kier molecular flexibility index (Phi) is 23.2. The molecule has 1 atom stereocenters. The Morgan fingerprint density at radius 2 is 1.16 bits per heavy atom. The number of unbranched alkanes of at least 4 members (excludes halogenated alkanes) is 11. The van der Waals surface area contributed by atoms with Gasteiger partial charge in [-0.25, -0.2) is 4.79 Å². The summed E-state index contributed by atoms with van der Waals surface area (Å²) >= 11 is 0. The molecule has 0 saturated carbocycles. The van der Waals surface area contributed by atoms with Crippen molar-refractivity contribution < 1.29 is 19.1 Å². The Morgan fingerprint density at radius 3 is 1.65 bits per heavy atom. The Bertz CT molecular complexity index is 604. The highest BCUT2D eigenvalue weighted by Gasteiger charge is 2.28. The van der Waals surface area contributed by atoms with Gasteiger partial charge in [0.2, 0.25) is 5.91 Å². The highest BCUT2D eigenvalue weighted by Crippen LogP contribution is 2.13. The van der Waals surface area contributed by atoms with Crippen LogP contribution in [0.5, 0.6) is 0 Å². The number of ether oxygens (including phenoxy) is 1. The molecule has 0 aromatic heterocycles. The third-order valence-electron chi connectivity index (χ3n) is 6.74. The summed E-state index contributed by atoms with van der Waals surface area (Å²) in [6.07, 6.45) is 17.2. The lowest BCUT2D eigenvalue weighted by molar-refractivity contribution is -0.158. The second-order valence-corrected chi connectivity index (χ2v) is 10.2. The van der Waals surface area contributed by atoms with Gasteiger partial charge in [0.15, 0.2) is 6.10 Å². The second-order valence-electron chi connectivity index (χ2n) is 10.2. The van der Waals surface area contributed by atoms with Crippen molar-refractivity contribution in [2.45, 2.75) is 130 Å². The molecule has 0 aromatic carbocycles. The third kappa shape index (κ3) is 19.8. The number of carbonyl (C=O) groups excluding carboxylic acids is 3. The van der Waals surface area contributed by atoms with Crippen molar-refractivity contribution in [3.05, 3.63) is 12.7 Å². The number of esters is 1. The van der Waals surface area contributed by atoms with Crippen LogP contribution in [0.1, 0.15) is 124 Å². The number of hydrogen-bond acceptors (Lipinski definition) is 5. The van der Waals surface area contributed by atoms with Crippen LogP contribution in [0.25, 0.3) is 0 Å². The van der Waals surface area contributed by atoms with Gasteiger partial charge in [0, 0.05) is 19.2 Å². The number of hydrogen-bond donors (Lipinski definition) is 1. The van der Waals surface area contributed by atoms with E-state index in [1.807, 2.05) is 0 Å². The van der Waals surface area contributed by atoms with E-state index in [0.717, 1.165) is 64.2 Å². The number of primary amides is 1. The molecule has 0 aliphatic carbocycles. The average molecular weight is 524 g/mol. The minimum Gasteiger partial charge on any atom is -0.449 e. The predicted octanol–water partition coefficient (Wildman–Crippen LogP) is 6.00. The maximum atomic E-state index is 13.3. The molecule has 0 aromatic rings. The van der Waals surface area contributed by atoms with Crippen molar-refractivity contribution in [1.82, 2.24) is 9.80 Å². The fraction of sp³-hybridized carbons (Fsp3) is 0.833. The van der Waals surface area contributed by atoms with E-state index in [-0.39, 0.29) is 12.3 Å². The van der Waals surface area contributed by atoms with E-state index in [9.17, 15) is 14.4 Å². The minimum atomic E-state index is -1.19. The zero-order chi connectivity index (χ0) is 27.7. The van der Waals surface area contributed by atoms with Crippen LogP contribution < -0.4 is 5.73 Å². The van der Waals surface area contributed by atoms with Crippen LogP contribution in [0.15, 0.2) is 12.7 Å². The number of nitrogens with two attached hydrogens (primary N) is 1. The minimum absolute atomic E-state index is 0.313. The Balaban J connectivity index is 4.94. The van der Waals surface area contributed by atoms with Crippen LogP contribution in [0.3, 0.4) is 0 Å². The van der Waals surface area contributed by atoms with E-state index in [1.54, 1.807) is 4.90 Å². The average Bonchev–Trinajstić information content (AvgIpc) is 2.88. The summed E-state index contributed by atoms with van der Waals surface area (Å²) in [5.74, 6) is -1.72. The van der Waals surface area contributed by atoms with Gasteiger partial charge in [-0.1, -0.05) is 98.0 Å². The topological polar surface area (TPSA) is 92.9 Å². The van der Waals surface area contributed by atoms with Crippen molar-refractivity contribution in [1.29, 1.82) is 0 Å². The highest BCUT2D eigenvalue weighted by atomic mass is 16.5.